The monoisotopic (exact) mass is 475 g/mol. The Bertz CT molecular complexity index is 1180. The van der Waals surface area contributed by atoms with Crippen LogP contribution in [0.3, 0.4) is 0 Å². The van der Waals surface area contributed by atoms with Crippen LogP contribution in [0.15, 0.2) is 52.3 Å². The van der Waals surface area contributed by atoms with E-state index in [1.54, 1.807) is 0 Å². The molecule has 0 atom stereocenters. The lowest BCUT2D eigenvalue weighted by molar-refractivity contribution is -0.0258. The summed E-state index contributed by atoms with van der Waals surface area (Å²) in [6.45, 7) is 0. The number of hydroxylamine groups is 1. The first-order valence-electron chi connectivity index (χ1n) is 8.11. The highest BCUT2D eigenvalue weighted by Crippen LogP contribution is 2.25. The summed E-state index contributed by atoms with van der Waals surface area (Å²) >= 11 is 5.93. The van der Waals surface area contributed by atoms with Gasteiger partial charge in [-0.25, -0.2) is 16.8 Å². The van der Waals surface area contributed by atoms with Gasteiger partial charge in [-0.2, -0.15) is 0 Å². The number of amides is 2. The quantitative estimate of drug-likeness (QED) is 0.594. The van der Waals surface area contributed by atoms with Gasteiger partial charge in [-0.1, -0.05) is 16.1 Å². The third-order valence-corrected chi connectivity index (χ3v) is 7.19. The van der Waals surface area contributed by atoms with Crippen LogP contribution in [-0.2, 0) is 24.7 Å². The van der Waals surface area contributed by atoms with Crippen molar-refractivity contribution in [2.24, 2.45) is 0 Å². The zero-order chi connectivity index (χ0) is 22.7. The molecule has 0 aromatic heterocycles. The first kappa shape index (κ1) is 23.8. The lowest BCUT2D eigenvalue weighted by Crippen LogP contribution is -2.41. The van der Waals surface area contributed by atoms with E-state index in [1.165, 1.54) is 36.4 Å². The van der Waals surface area contributed by atoms with Crippen molar-refractivity contribution in [3.05, 3.63) is 58.6 Å². The van der Waals surface area contributed by atoms with E-state index in [-0.39, 0.29) is 25.9 Å². The molecule has 0 spiro atoms. The SMILES string of the molecule is CON(C)S(=O)(=O)c1cc(C(=O)NNC(=O)c2ccc(S(C)(=O)=O)cc2)ccc1Cl. The van der Waals surface area contributed by atoms with Crippen LogP contribution < -0.4 is 10.9 Å². The van der Waals surface area contributed by atoms with E-state index in [1.807, 2.05) is 0 Å². The molecule has 0 aliphatic heterocycles. The predicted octanol–water partition coefficient (Wildman–Crippen LogP) is 1.00. The first-order chi connectivity index (χ1) is 13.9. The molecular formula is C17H18ClN3O7S2. The average molecular weight is 476 g/mol. The van der Waals surface area contributed by atoms with Crippen LogP contribution in [0, 0.1) is 0 Å². The maximum absolute atomic E-state index is 12.4. The number of rotatable bonds is 6. The van der Waals surface area contributed by atoms with Crippen LogP contribution >= 0.6 is 11.6 Å². The second-order valence-electron chi connectivity index (χ2n) is 5.95. The van der Waals surface area contributed by atoms with Gasteiger partial charge in [0.05, 0.1) is 17.0 Å². The highest BCUT2D eigenvalue weighted by atomic mass is 35.5. The molecule has 0 aliphatic rings. The molecule has 2 aromatic rings. The van der Waals surface area contributed by atoms with Crippen molar-refractivity contribution in [3.63, 3.8) is 0 Å². The van der Waals surface area contributed by atoms with Crippen molar-refractivity contribution < 1.29 is 31.3 Å². The molecule has 0 bridgehead atoms. The van der Waals surface area contributed by atoms with Crippen LogP contribution in [0.2, 0.25) is 5.02 Å². The van der Waals surface area contributed by atoms with Crippen molar-refractivity contribution in [1.29, 1.82) is 0 Å². The van der Waals surface area contributed by atoms with E-state index < -0.39 is 31.7 Å². The van der Waals surface area contributed by atoms with Crippen LogP contribution in [0.5, 0.6) is 0 Å². The summed E-state index contributed by atoms with van der Waals surface area (Å²) in [7, 11) is -5.20. The van der Waals surface area contributed by atoms with Gasteiger partial charge in [0.15, 0.2) is 9.84 Å². The number of halogens is 1. The zero-order valence-corrected chi connectivity index (χ0v) is 18.4. The lowest BCUT2D eigenvalue weighted by atomic mass is 10.2. The summed E-state index contributed by atoms with van der Waals surface area (Å²) in [5.74, 6) is -1.51. The third-order valence-electron chi connectivity index (χ3n) is 3.90. The Balaban J connectivity index is 2.15. The second-order valence-corrected chi connectivity index (χ2v) is 10.3. The van der Waals surface area contributed by atoms with Gasteiger partial charge < -0.3 is 0 Å². The molecule has 2 amide bonds. The minimum atomic E-state index is -4.10. The number of carbonyl (C=O) groups excluding carboxylic acids is 2. The van der Waals surface area contributed by atoms with Crippen molar-refractivity contribution >= 4 is 43.3 Å². The Hall–Kier alpha value is -2.51. The number of hydrogen-bond donors (Lipinski definition) is 2. The molecule has 2 rings (SSSR count). The molecule has 0 radical (unpaired) electrons. The van der Waals surface area contributed by atoms with Crippen molar-refractivity contribution in [1.82, 2.24) is 15.3 Å². The predicted molar refractivity (Wildman–Crippen MR) is 108 cm³/mol. The summed E-state index contributed by atoms with van der Waals surface area (Å²) in [4.78, 5) is 28.8. The molecule has 30 heavy (non-hydrogen) atoms. The van der Waals surface area contributed by atoms with Crippen LogP contribution in [0.4, 0.5) is 0 Å². The summed E-state index contributed by atoms with van der Waals surface area (Å²) < 4.78 is 48.2. The lowest BCUT2D eigenvalue weighted by Gasteiger charge is -2.16. The molecule has 2 N–H and O–H groups in total. The van der Waals surface area contributed by atoms with E-state index in [0.29, 0.717) is 4.47 Å². The number of hydrazine groups is 1. The maximum Gasteiger partial charge on any atom is 0.269 e. The third kappa shape index (κ3) is 5.34. The van der Waals surface area contributed by atoms with Crippen molar-refractivity contribution in [2.75, 3.05) is 20.4 Å². The van der Waals surface area contributed by atoms with E-state index in [0.717, 1.165) is 26.5 Å². The van der Waals surface area contributed by atoms with E-state index in [9.17, 15) is 26.4 Å². The Morgan fingerprint density at radius 1 is 0.933 bits per heavy atom. The summed E-state index contributed by atoms with van der Waals surface area (Å²) in [6, 6.07) is 8.62. The first-order valence-corrected chi connectivity index (χ1v) is 11.8. The van der Waals surface area contributed by atoms with Gasteiger partial charge in [0.25, 0.3) is 21.8 Å². The summed E-state index contributed by atoms with van der Waals surface area (Å²) in [5, 5.41) is -0.120. The fourth-order valence-electron chi connectivity index (χ4n) is 2.19. The van der Waals surface area contributed by atoms with Gasteiger partial charge in [0, 0.05) is 24.4 Å². The van der Waals surface area contributed by atoms with Crippen LogP contribution in [-0.4, -0.2) is 53.5 Å². The molecule has 0 heterocycles. The van der Waals surface area contributed by atoms with Gasteiger partial charge in [-0.3, -0.25) is 25.3 Å². The Morgan fingerprint density at radius 3 is 1.93 bits per heavy atom. The summed E-state index contributed by atoms with van der Waals surface area (Å²) in [6.07, 6.45) is 1.03. The molecule has 162 valence electrons. The maximum atomic E-state index is 12.4. The van der Waals surface area contributed by atoms with Crippen molar-refractivity contribution in [2.45, 2.75) is 9.79 Å². The number of sulfone groups is 1. The molecule has 10 nitrogen and oxygen atoms in total. The molecule has 0 aliphatic carbocycles. The normalized spacial score (nSPS) is 11.9. The van der Waals surface area contributed by atoms with Gasteiger partial charge in [-0.05, 0) is 42.5 Å². The Labute approximate surface area is 178 Å². The number of carbonyl (C=O) groups is 2. The van der Waals surface area contributed by atoms with Gasteiger partial charge in [0.2, 0.25) is 0 Å². The number of hydrogen-bond acceptors (Lipinski definition) is 7. The number of sulfonamides is 1. The number of nitrogens with zero attached hydrogens (tertiary/aromatic N) is 1. The van der Waals surface area contributed by atoms with Gasteiger partial charge in [0.1, 0.15) is 4.90 Å². The molecule has 0 fully saturated rings. The van der Waals surface area contributed by atoms with Gasteiger partial charge in [-0.15, -0.1) is 0 Å². The molecule has 13 heteroatoms. The van der Waals surface area contributed by atoms with Gasteiger partial charge >= 0.3 is 0 Å². The largest absolute Gasteiger partial charge is 0.288 e. The molecular weight excluding hydrogens is 458 g/mol. The number of nitrogens with one attached hydrogen (secondary N) is 2. The standard InChI is InChI=1S/C17H18ClN3O7S2/c1-21(28-2)30(26,27)15-10-12(6-9-14(15)18)17(23)20-19-16(22)11-4-7-13(8-5-11)29(3,24)25/h4-10H,1-3H3,(H,19,22)(H,20,23). The minimum absolute atomic E-state index is 0.0408. The van der Waals surface area contributed by atoms with E-state index in [2.05, 4.69) is 15.7 Å². The second kappa shape index (κ2) is 9.10. The zero-order valence-electron chi connectivity index (χ0n) is 16.0. The molecule has 0 unspecified atom stereocenters. The van der Waals surface area contributed by atoms with E-state index in [4.69, 9.17) is 11.6 Å². The topological polar surface area (TPSA) is 139 Å². The Morgan fingerprint density at radius 2 is 1.43 bits per heavy atom. The fourth-order valence-corrected chi connectivity index (χ4v) is 4.29. The smallest absolute Gasteiger partial charge is 0.269 e. The molecule has 2 aromatic carbocycles. The highest BCUT2D eigenvalue weighted by Gasteiger charge is 2.25. The van der Waals surface area contributed by atoms with E-state index >= 15 is 0 Å². The molecule has 0 saturated heterocycles. The highest BCUT2D eigenvalue weighted by molar-refractivity contribution is 7.90. The van der Waals surface area contributed by atoms with Crippen LogP contribution in [0.1, 0.15) is 20.7 Å². The summed E-state index contributed by atoms with van der Waals surface area (Å²) in [5.41, 5.74) is 4.31. The Kier molecular flexibility index (Phi) is 7.21. The van der Waals surface area contributed by atoms with Crippen molar-refractivity contribution in [3.8, 4) is 0 Å². The minimum Gasteiger partial charge on any atom is -0.288 e. The average Bonchev–Trinajstić information content (AvgIpc) is 2.70. The molecule has 0 saturated carbocycles. The number of benzene rings is 2. The van der Waals surface area contributed by atoms with Crippen LogP contribution in [0.25, 0.3) is 0 Å². The fraction of sp³-hybridized carbons (Fsp3) is 0.176.